The standard InChI is InChI=1S/C13H16N2O2/c1-9-12(8-15(2)14-9)13(17)7-10-3-5-11(16)6-4-10/h3-6,8,13,16-17H,7H2,1-2H3. The Kier molecular flexibility index (Phi) is 3.15. The number of hydrogen-bond acceptors (Lipinski definition) is 3. The predicted octanol–water partition coefficient (Wildman–Crippen LogP) is 1.71. The minimum Gasteiger partial charge on any atom is -0.508 e. The maximum atomic E-state index is 10.1. The SMILES string of the molecule is Cc1nn(C)cc1C(O)Cc1ccc(O)cc1. The molecule has 4 nitrogen and oxygen atoms in total. The minimum atomic E-state index is -0.562. The molecule has 0 amide bonds. The van der Waals surface area contributed by atoms with E-state index in [9.17, 15) is 10.2 Å². The van der Waals surface area contributed by atoms with Crippen LogP contribution in [0.4, 0.5) is 0 Å². The quantitative estimate of drug-likeness (QED) is 0.847. The molecule has 1 aromatic carbocycles. The van der Waals surface area contributed by atoms with Crippen LogP contribution in [0.15, 0.2) is 30.5 Å². The number of aliphatic hydroxyl groups is 1. The topological polar surface area (TPSA) is 58.3 Å². The van der Waals surface area contributed by atoms with Gasteiger partial charge in [-0.15, -0.1) is 0 Å². The van der Waals surface area contributed by atoms with Gasteiger partial charge in [0.1, 0.15) is 5.75 Å². The van der Waals surface area contributed by atoms with E-state index in [1.807, 2.05) is 32.3 Å². The third-order valence-electron chi connectivity index (χ3n) is 2.78. The predicted molar refractivity (Wildman–Crippen MR) is 64.7 cm³/mol. The number of aromatic nitrogens is 2. The summed E-state index contributed by atoms with van der Waals surface area (Å²) >= 11 is 0. The molecule has 0 saturated carbocycles. The second-order valence-electron chi connectivity index (χ2n) is 4.23. The second kappa shape index (κ2) is 4.59. The summed E-state index contributed by atoms with van der Waals surface area (Å²) in [4.78, 5) is 0. The summed E-state index contributed by atoms with van der Waals surface area (Å²) in [7, 11) is 1.84. The first-order valence-electron chi connectivity index (χ1n) is 5.52. The summed E-state index contributed by atoms with van der Waals surface area (Å²) in [6.45, 7) is 1.88. The first-order valence-corrected chi connectivity index (χ1v) is 5.52. The Morgan fingerprint density at radius 2 is 1.94 bits per heavy atom. The fraction of sp³-hybridized carbons (Fsp3) is 0.308. The van der Waals surface area contributed by atoms with Gasteiger partial charge in [0.15, 0.2) is 0 Å². The van der Waals surface area contributed by atoms with Gasteiger partial charge in [0, 0.05) is 25.2 Å². The molecule has 1 unspecified atom stereocenters. The molecule has 0 aliphatic carbocycles. The normalized spacial score (nSPS) is 12.6. The Bertz CT molecular complexity index is 503. The molecular weight excluding hydrogens is 216 g/mol. The Labute approximate surface area is 100 Å². The lowest BCUT2D eigenvalue weighted by molar-refractivity contribution is 0.177. The zero-order valence-corrected chi connectivity index (χ0v) is 9.96. The van der Waals surface area contributed by atoms with Crippen LogP contribution in [0.5, 0.6) is 5.75 Å². The molecule has 0 saturated heterocycles. The number of benzene rings is 1. The van der Waals surface area contributed by atoms with Crippen LogP contribution in [-0.4, -0.2) is 20.0 Å². The molecule has 2 aromatic rings. The van der Waals surface area contributed by atoms with Gasteiger partial charge in [-0.05, 0) is 24.6 Å². The van der Waals surface area contributed by atoms with Gasteiger partial charge < -0.3 is 10.2 Å². The zero-order valence-electron chi connectivity index (χ0n) is 9.96. The molecule has 0 aliphatic rings. The van der Waals surface area contributed by atoms with E-state index in [-0.39, 0.29) is 5.75 Å². The smallest absolute Gasteiger partial charge is 0.115 e. The number of aryl methyl sites for hydroxylation is 2. The van der Waals surface area contributed by atoms with Crippen LogP contribution >= 0.6 is 0 Å². The van der Waals surface area contributed by atoms with Gasteiger partial charge in [0.2, 0.25) is 0 Å². The molecule has 1 heterocycles. The molecule has 90 valence electrons. The number of aromatic hydroxyl groups is 1. The van der Waals surface area contributed by atoms with Crippen LogP contribution in [0.3, 0.4) is 0 Å². The van der Waals surface area contributed by atoms with Crippen LogP contribution in [-0.2, 0) is 13.5 Å². The van der Waals surface area contributed by atoms with Crippen molar-refractivity contribution < 1.29 is 10.2 Å². The molecule has 2 rings (SSSR count). The van der Waals surface area contributed by atoms with Gasteiger partial charge in [-0.2, -0.15) is 5.10 Å². The Balaban J connectivity index is 2.14. The molecule has 0 spiro atoms. The highest BCUT2D eigenvalue weighted by atomic mass is 16.3. The average molecular weight is 232 g/mol. The van der Waals surface area contributed by atoms with Gasteiger partial charge in [-0.1, -0.05) is 12.1 Å². The van der Waals surface area contributed by atoms with E-state index in [2.05, 4.69) is 5.10 Å². The largest absolute Gasteiger partial charge is 0.508 e. The maximum Gasteiger partial charge on any atom is 0.115 e. The summed E-state index contributed by atoms with van der Waals surface area (Å²) in [5.41, 5.74) is 2.68. The summed E-state index contributed by atoms with van der Waals surface area (Å²) in [6, 6.07) is 6.87. The molecule has 17 heavy (non-hydrogen) atoms. The fourth-order valence-corrected chi connectivity index (χ4v) is 1.91. The van der Waals surface area contributed by atoms with Crippen LogP contribution in [0.2, 0.25) is 0 Å². The molecule has 0 aliphatic heterocycles. The van der Waals surface area contributed by atoms with E-state index >= 15 is 0 Å². The van der Waals surface area contributed by atoms with Crippen molar-refractivity contribution >= 4 is 0 Å². The highest BCUT2D eigenvalue weighted by molar-refractivity contribution is 5.28. The van der Waals surface area contributed by atoms with E-state index in [1.165, 1.54) is 0 Å². The molecule has 2 N–H and O–H groups in total. The van der Waals surface area contributed by atoms with Gasteiger partial charge in [-0.25, -0.2) is 0 Å². The van der Waals surface area contributed by atoms with E-state index in [4.69, 9.17) is 0 Å². The van der Waals surface area contributed by atoms with Crippen molar-refractivity contribution in [3.05, 3.63) is 47.3 Å². The number of hydrogen-bond donors (Lipinski definition) is 2. The summed E-state index contributed by atoms with van der Waals surface area (Å²) in [5, 5.41) is 23.5. The van der Waals surface area contributed by atoms with Crippen LogP contribution in [0, 0.1) is 6.92 Å². The number of aliphatic hydroxyl groups excluding tert-OH is 1. The third-order valence-corrected chi connectivity index (χ3v) is 2.78. The molecule has 0 fully saturated rings. The van der Waals surface area contributed by atoms with Gasteiger partial charge in [0.25, 0.3) is 0 Å². The summed E-state index contributed by atoms with van der Waals surface area (Å²) < 4.78 is 1.70. The zero-order chi connectivity index (χ0) is 12.4. The third kappa shape index (κ3) is 2.65. The summed E-state index contributed by atoms with van der Waals surface area (Å²) in [6.07, 6.45) is 1.79. The molecule has 1 atom stereocenters. The van der Waals surface area contributed by atoms with Crippen molar-refractivity contribution in [1.29, 1.82) is 0 Å². The van der Waals surface area contributed by atoms with E-state index < -0.39 is 6.10 Å². The van der Waals surface area contributed by atoms with Crippen molar-refractivity contribution in [2.24, 2.45) is 7.05 Å². The minimum absolute atomic E-state index is 0.237. The lowest BCUT2D eigenvalue weighted by Gasteiger charge is -2.09. The molecular formula is C13H16N2O2. The number of phenolic OH excluding ortho intramolecular Hbond substituents is 1. The Morgan fingerprint density at radius 3 is 2.47 bits per heavy atom. The molecule has 0 bridgehead atoms. The average Bonchev–Trinajstić information content (AvgIpc) is 2.61. The van der Waals surface area contributed by atoms with Crippen molar-refractivity contribution in [3.8, 4) is 5.75 Å². The van der Waals surface area contributed by atoms with Crippen molar-refractivity contribution in [3.63, 3.8) is 0 Å². The number of nitrogens with zero attached hydrogens (tertiary/aromatic N) is 2. The Hall–Kier alpha value is -1.81. The fourth-order valence-electron chi connectivity index (χ4n) is 1.91. The lowest BCUT2D eigenvalue weighted by Crippen LogP contribution is -2.02. The van der Waals surface area contributed by atoms with Crippen molar-refractivity contribution in [2.75, 3.05) is 0 Å². The highest BCUT2D eigenvalue weighted by Crippen LogP contribution is 2.21. The second-order valence-corrected chi connectivity index (χ2v) is 4.23. The van der Waals surface area contributed by atoms with E-state index in [1.54, 1.807) is 16.8 Å². The first-order chi connectivity index (χ1) is 8.06. The summed E-state index contributed by atoms with van der Waals surface area (Å²) in [5.74, 6) is 0.237. The molecule has 0 radical (unpaired) electrons. The monoisotopic (exact) mass is 232 g/mol. The van der Waals surface area contributed by atoms with Gasteiger partial charge in [-0.3, -0.25) is 4.68 Å². The molecule has 4 heteroatoms. The lowest BCUT2D eigenvalue weighted by atomic mass is 10.0. The van der Waals surface area contributed by atoms with Crippen molar-refractivity contribution in [2.45, 2.75) is 19.4 Å². The van der Waals surface area contributed by atoms with Gasteiger partial charge in [0.05, 0.1) is 11.8 Å². The van der Waals surface area contributed by atoms with Crippen LogP contribution in [0.1, 0.15) is 22.9 Å². The van der Waals surface area contributed by atoms with Gasteiger partial charge >= 0.3 is 0 Å². The highest BCUT2D eigenvalue weighted by Gasteiger charge is 2.14. The van der Waals surface area contributed by atoms with E-state index in [0.29, 0.717) is 6.42 Å². The maximum absolute atomic E-state index is 10.1. The molecule has 1 aromatic heterocycles. The van der Waals surface area contributed by atoms with Crippen molar-refractivity contribution in [1.82, 2.24) is 9.78 Å². The number of phenols is 1. The van der Waals surface area contributed by atoms with Crippen LogP contribution < -0.4 is 0 Å². The van der Waals surface area contributed by atoms with E-state index in [0.717, 1.165) is 16.8 Å². The first kappa shape index (κ1) is 11.7. The van der Waals surface area contributed by atoms with Crippen LogP contribution in [0.25, 0.3) is 0 Å². The number of rotatable bonds is 3. The Morgan fingerprint density at radius 1 is 1.29 bits per heavy atom.